The van der Waals surface area contributed by atoms with E-state index in [1.54, 1.807) is 36.4 Å². The van der Waals surface area contributed by atoms with Crippen LogP contribution in [0.25, 0.3) is 21.5 Å². The fourth-order valence-electron chi connectivity index (χ4n) is 5.49. The van der Waals surface area contributed by atoms with Gasteiger partial charge in [-0.15, -0.1) is 0 Å². The number of fused-ring (bicyclic) bond motifs is 3. The van der Waals surface area contributed by atoms with E-state index in [4.69, 9.17) is 28.4 Å². The summed E-state index contributed by atoms with van der Waals surface area (Å²) in [5, 5.41) is 3.39. The summed E-state index contributed by atoms with van der Waals surface area (Å²) in [6, 6.07) is 21.5. The number of hydrogen-bond donors (Lipinski definition) is 0. The number of ether oxygens (including phenoxy) is 6. The average Bonchev–Trinajstić information content (AvgIpc) is 3.67. The molecule has 10 heteroatoms. The van der Waals surface area contributed by atoms with Crippen molar-refractivity contribution < 1.29 is 47.6 Å². The predicted octanol–water partition coefficient (Wildman–Crippen LogP) is 5.00. The van der Waals surface area contributed by atoms with Gasteiger partial charge in [0.05, 0.1) is 24.3 Å². The zero-order chi connectivity index (χ0) is 32.2. The number of esters is 4. The van der Waals surface area contributed by atoms with E-state index >= 15 is 0 Å². The second kappa shape index (κ2) is 13.4. The van der Waals surface area contributed by atoms with Crippen molar-refractivity contribution in [3.8, 4) is 0 Å². The van der Waals surface area contributed by atoms with Crippen molar-refractivity contribution in [1.82, 2.24) is 0 Å². The van der Waals surface area contributed by atoms with Gasteiger partial charge < -0.3 is 28.4 Å². The van der Waals surface area contributed by atoms with Crippen LogP contribution in [0.1, 0.15) is 31.8 Å². The zero-order valence-corrected chi connectivity index (χ0v) is 24.7. The molecular formula is C36H30O10. The van der Waals surface area contributed by atoms with Gasteiger partial charge in [0.15, 0.2) is 12.2 Å². The van der Waals surface area contributed by atoms with E-state index in [-0.39, 0.29) is 26.4 Å². The Morgan fingerprint density at radius 1 is 0.609 bits per heavy atom. The van der Waals surface area contributed by atoms with Crippen LogP contribution in [-0.4, -0.2) is 61.5 Å². The molecule has 0 N–H and O–H groups in total. The molecule has 2 saturated heterocycles. The molecule has 2 aliphatic rings. The maximum atomic E-state index is 13.1. The van der Waals surface area contributed by atoms with Gasteiger partial charge in [-0.25, -0.2) is 19.2 Å². The molecule has 4 aromatic carbocycles. The molecule has 0 aromatic heterocycles. The molecule has 1 unspecified atom stereocenters. The molecule has 0 radical (unpaired) electrons. The van der Waals surface area contributed by atoms with Gasteiger partial charge in [-0.3, -0.25) is 0 Å². The lowest BCUT2D eigenvalue weighted by molar-refractivity contribution is -0.139. The zero-order valence-electron chi connectivity index (χ0n) is 24.7. The summed E-state index contributed by atoms with van der Waals surface area (Å²) < 4.78 is 33.5. The molecule has 6 rings (SSSR count). The highest BCUT2D eigenvalue weighted by atomic mass is 16.7. The van der Waals surface area contributed by atoms with Crippen molar-refractivity contribution in [2.75, 3.05) is 13.2 Å². The number of hydrogen-bond acceptors (Lipinski definition) is 10. The summed E-state index contributed by atoms with van der Waals surface area (Å²) in [7, 11) is 0. The van der Waals surface area contributed by atoms with Gasteiger partial charge in [-0.1, -0.05) is 49.6 Å². The molecule has 0 spiro atoms. The van der Waals surface area contributed by atoms with E-state index in [1.165, 1.54) is 0 Å². The molecule has 0 saturated carbocycles. The highest BCUT2D eigenvalue weighted by molar-refractivity contribution is 5.96. The third-order valence-corrected chi connectivity index (χ3v) is 7.86. The Hall–Kier alpha value is -5.32. The Morgan fingerprint density at radius 3 is 1.41 bits per heavy atom. The first kappa shape index (κ1) is 30.7. The molecule has 0 bridgehead atoms. The first-order chi connectivity index (χ1) is 22.3. The summed E-state index contributed by atoms with van der Waals surface area (Å²) in [5.74, 6) is -2.05. The molecule has 2 aliphatic heterocycles. The number of rotatable bonds is 10. The van der Waals surface area contributed by atoms with E-state index in [0.717, 1.165) is 44.8 Å². The minimum absolute atomic E-state index is 0.107. The third-order valence-electron chi connectivity index (χ3n) is 7.86. The molecule has 4 atom stereocenters. The number of benzene rings is 4. The van der Waals surface area contributed by atoms with Gasteiger partial charge in [0, 0.05) is 12.2 Å². The molecule has 234 valence electrons. The molecule has 10 nitrogen and oxygen atoms in total. The van der Waals surface area contributed by atoms with Gasteiger partial charge in [-0.2, -0.15) is 0 Å². The molecule has 2 heterocycles. The normalized spacial score (nSPS) is 20.1. The van der Waals surface area contributed by atoms with Gasteiger partial charge in [0.2, 0.25) is 0 Å². The molecule has 46 heavy (non-hydrogen) atoms. The van der Waals surface area contributed by atoms with E-state index in [1.807, 2.05) is 36.4 Å². The van der Waals surface area contributed by atoms with Crippen molar-refractivity contribution in [3.05, 3.63) is 120 Å². The summed E-state index contributed by atoms with van der Waals surface area (Å²) in [4.78, 5) is 48.8. The van der Waals surface area contributed by atoms with Crippen LogP contribution in [0, 0.1) is 0 Å². The van der Waals surface area contributed by atoms with Crippen LogP contribution in [0.15, 0.2) is 98.1 Å². The molecular weight excluding hydrogens is 592 g/mol. The van der Waals surface area contributed by atoms with Gasteiger partial charge in [-0.05, 0) is 69.1 Å². The first-order valence-corrected chi connectivity index (χ1v) is 14.6. The quantitative estimate of drug-likeness (QED) is 0.136. The van der Waals surface area contributed by atoms with Crippen LogP contribution in [0.4, 0.5) is 0 Å². The monoisotopic (exact) mass is 622 g/mol. The Balaban J connectivity index is 1.04. The van der Waals surface area contributed by atoms with Crippen LogP contribution < -0.4 is 0 Å². The fraction of sp³-hybridized carbons (Fsp3) is 0.222. The lowest BCUT2D eigenvalue weighted by Gasteiger charge is -2.17. The molecule has 0 aliphatic carbocycles. The van der Waals surface area contributed by atoms with E-state index in [9.17, 15) is 19.2 Å². The number of carbonyl (C=O) groups excluding carboxylic acids is 4. The smallest absolute Gasteiger partial charge is 0.338 e. The lowest BCUT2D eigenvalue weighted by atomic mass is 10.0. The van der Waals surface area contributed by atoms with Crippen LogP contribution in [-0.2, 0) is 51.2 Å². The Labute approximate surface area is 264 Å². The summed E-state index contributed by atoms with van der Waals surface area (Å²) in [5.41, 5.74) is 2.34. The van der Waals surface area contributed by atoms with Crippen molar-refractivity contribution in [2.24, 2.45) is 0 Å². The van der Waals surface area contributed by atoms with Crippen LogP contribution in [0.3, 0.4) is 0 Å². The van der Waals surface area contributed by atoms with Gasteiger partial charge >= 0.3 is 23.9 Å². The molecule has 4 aromatic rings. The summed E-state index contributed by atoms with van der Waals surface area (Å²) >= 11 is 0. The minimum atomic E-state index is -0.667. The largest absolute Gasteiger partial charge is 0.458 e. The molecule has 2 fully saturated rings. The topological polar surface area (TPSA) is 124 Å². The fourth-order valence-corrected chi connectivity index (χ4v) is 5.49. The standard InChI is InChI=1S/C36H30O10/c1-3-31(37)41-17-21-5-7-25-15-27(11-9-23(25)13-21)35(39)45-29-19-43-34-30(20-44-33(29)34)46-36(40)28-12-10-24-14-22(6-8-26(24)16-28)18-42-32(38)4-2/h3-16,29-30,33-34H,1-2,17-20H2/t29-,30?,33+,34+/m0/s1. The van der Waals surface area contributed by atoms with E-state index in [0.29, 0.717) is 11.1 Å². The van der Waals surface area contributed by atoms with Crippen molar-refractivity contribution in [2.45, 2.75) is 37.6 Å². The van der Waals surface area contributed by atoms with Crippen LogP contribution >= 0.6 is 0 Å². The Bertz CT molecular complexity index is 1730. The average molecular weight is 623 g/mol. The van der Waals surface area contributed by atoms with Gasteiger partial charge in [0.1, 0.15) is 25.4 Å². The van der Waals surface area contributed by atoms with Crippen molar-refractivity contribution >= 4 is 45.4 Å². The predicted molar refractivity (Wildman–Crippen MR) is 166 cm³/mol. The maximum Gasteiger partial charge on any atom is 0.338 e. The first-order valence-electron chi connectivity index (χ1n) is 14.6. The SMILES string of the molecule is C=CC(=O)OCc1ccc2cc(C(=O)OC3CO[C@@H]4[C@@H](OC(=O)c5ccc6cc(COC(=O)C=C)ccc6c5)CO[C@H]34)ccc2c1. The Morgan fingerprint density at radius 2 is 1.00 bits per heavy atom. The number of carbonyl (C=O) groups is 4. The highest BCUT2D eigenvalue weighted by Gasteiger charge is 2.51. The van der Waals surface area contributed by atoms with Crippen molar-refractivity contribution in [3.63, 3.8) is 0 Å². The van der Waals surface area contributed by atoms with Gasteiger partial charge in [0.25, 0.3) is 0 Å². The third kappa shape index (κ3) is 6.68. The summed E-state index contributed by atoms with van der Waals surface area (Å²) in [6.07, 6.45) is -0.267. The Kier molecular flexibility index (Phi) is 8.91. The maximum absolute atomic E-state index is 13.1. The summed E-state index contributed by atoms with van der Waals surface area (Å²) in [6.45, 7) is 7.22. The lowest BCUT2D eigenvalue weighted by Crippen LogP contribution is -2.36. The van der Waals surface area contributed by atoms with E-state index < -0.39 is 48.3 Å². The highest BCUT2D eigenvalue weighted by Crippen LogP contribution is 2.32. The van der Waals surface area contributed by atoms with Crippen LogP contribution in [0.2, 0.25) is 0 Å². The van der Waals surface area contributed by atoms with Crippen LogP contribution in [0.5, 0.6) is 0 Å². The minimum Gasteiger partial charge on any atom is -0.458 e. The van der Waals surface area contributed by atoms with E-state index in [2.05, 4.69) is 13.2 Å². The second-order valence-electron chi connectivity index (χ2n) is 10.9. The second-order valence-corrected chi connectivity index (χ2v) is 10.9. The molecule has 0 amide bonds. The van der Waals surface area contributed by atoms with Crippen molar-refractivity contribution in [1.29, 1.82) is 0 Å².